The smallest absolute Gasteiger partial charge is 0.340 e. The van der Waals surface area contributed by atoms with Crippen LogP contribution in [-0.2, 0) is 4.74 Å². The number of esters is 1. The molecule has 2 aromatic rings. The molecular formula is C19H20FN3O5. The number of ether oxygens (including phenoxy) is 1. The summed E-state index contributed by atoms with van der Waals surface area (Å²) in [6.45, 7) is 3.65. The Bertz CT molecular complexity index is 880. The number of hydrogen-bond donors (Lipinski definition) is 1. The van der Waals surface area contributed by atoms with Gasteiger partial charge in [-0.1, -0.05) is 0 Å². The van der Waals surface area contributed by atoms with Crippen LogP contribution in [-0.4, -0.2) is 48.8 Å². The molecular weight excluding hydrogens is 369 g/mol. The van der Waals surface area contributed by atoms with E-state index in [-0.39, 0.29) is 23.6 Å². The molecule has 148 valence electrons. The molecule has 0 aliphatic carbocycles. The number of nitro benzene ring substituents is 1. The van der Waals surface area contributed by atoms with Gasteiger partial charge in [0.2, 0.25) is 0 Å². The maximum atomic E-state index is 14.7. The zero-order valence-corrected chi connectivity index (χ0v) is 15.3. The van der Waals surface area contributed by atoms with Gasteiger partial charge in [-0.25, -0.2) is 9.18 Å². The van der Waals surface area contributed by atoms with E-state index < -0.39 is 22.4 Å². The number of anilines is 2. The third-order valence-corrected chi connectivity index (χ3v) is 4.57. The fourth-order valence-electron chi connectivity index (χ4n) is 3.23. The third-order valence-electron chi connectivity index (χ3n) is 4.57. The van der Waals surface area contributed by atoms with E-state index in [1.165, 1.54) is 0 Å². The van der Waals surface area contributed by atoms with Crippen LogP contribution in [0.1, 0.15) is 17.3 Å². The van der Waals surface area contributed by atoms with E-state index in [2.05, 4.69) is 4.90 Å². The van der Waals surface area contributed by atoms with E-state index in [0.717, 1.165) is 17.8 Å². The van der Waals surface area contributed by atoms with Crippen molar-refractivity contribution in [1.82, 2.24) is 0 Å². The Morgan fingerprint density at radius 1 is 1.18 bits per heavy atom. The highest BCUT2D eigenvalue weighted by molar-refractivity contribution is 5.97. The summed E-state index contributed by atoms with van der Waals surface area (Å²) in [5.41, 5.74) is 0.306. The Balaban J connectivity index is 1.86. The van der Waals surface area contributed by atoms with Gasteiger partial charge >= 0.3 is 5.97 Å². The van der Waals surface area contributed by atoms with Crippen molar-refractivity contribution in [2.75, 3.05) is 42.6 Å². The highest BCUT2D eigenvalue weighted by Gasteiger charge is 2.28. The number of aromatic hydroxyl groups is 1. The number of hydrogen-bond acceptors (Lipinski definition) is 7. The fraction of sp³-hybridized carbons (Fsp3) is 0.316. The minimum Gasteiger partial charge on any atom is -0.508 e. The van der Waals surface area contributed by atoms with Gasteiger partial charge in [0.25, 0.3) is 5.69 Å². The van der Waals surface area contributed by atoms with E-state index >= 15 is 0 Å². The van der Waals surface area contributed by atoms with E-state index in [4.69, 9.17) is 4.74 Å². The monoisotopic (exact) mass is 389 g/mol. The van der Waals surface area contributed by atoms with Crippen molar-refractivity contribution in [3.8, 4) is 5.75 Å². The standard InChI is InChI=1S/C19H20FN3O5/c1-2-28-19(25)16-11-14(23(26)27)12-17(20)18(16)22-9-7-21(8-10-22)13-3-5-15(24)6-4-13/h3-6,11-12,24H,2,7-10H2,1H3. The van der Waals surface area contributed by atoms with Gasteiger partial charge in [0, 0.05) is 37.9 Å². The van der Waals surface area contributed by atoms with Crippen molar-refractivity contribution >= 4 is 23.0 Å². The minimum absolute atomic E-state index is 0.0226. The summed E-state index contributed by atoms with van der Waals surface area (Å²) in [5.74, 6) is -1.44. The van der Waals surface area contributed by atoms with Gasteiger partial charge in [-0.05, 0) is 31.2 Å². The Labute approximate surface area is 160 Å². The van der Waals surface area contributed by atoms with Crippen LogP contribution in [0.5, 0.6) is 5.75 Å². The van der Waals surface area contributed by atoms with E-state index in [0.29, 0.717) is 26.2 Å². The van der Waals surface area contributed by atoms with Gasteiger partial charge in [-0.15, -0.1) is 0 Å². The number of non-ortho nitro benzene ring substituents is 1. The first-order chi connectivity index (χ1) is 13.4. The van der Waals surface area contributed by atoms with Crippen molar-refractivity contribution < 1.29 is 24.0 Å². The second-order valence-electron chi connectivity index (χ2n) is 6.29. The number of phenolic OH excluding ortho intramolecular Hbond substituents is 1. The Hall–Kier alpha value is -3.36. The molecule has 3 rings (SSSR count). The Morgan fingerprint density at radius 2 is 1.79 bits per heavy atom. The number of halogens is 1. The van der Waals surface area contributed by atoms with Gasteiger partial charge in [0.1, 0.15) is 5.75 Å². The van der Waals surface area contributed by atoms with Crippen molar-refractivity contribution in [2.45, 2.75) is 6.92 Å². The Morgan fingerprint density at radius 3 is 2.36 bits per heavy atom. The molecule has 8 nitrogen and oxygen atoms in total. The number of nitro groups is 1. The van der Waals surface area contributed by atoms with Gasteiger partial charge in [0.05, 0.1) is 28.8 Å². The van der Waals surface area contributed by atoms with Crippen LogP contribution in [0, 0.1) is 15.9 Å². The average molecular weight is 389 g/mol. The topological polar surface area (TPSA) is 96.1 Å². The quantitative estimate of drug-likeness (QED) is 0.477. The van der Waals surface area contributed by atoms with Crippen LogP contribution in [0.25, 0.3) is 0 Å². The molecule has 1 aliphatic rings. The van der Waals surface area contributed by atoms with Gasteiger partial charge in [-0.2, -0.15) is 0 Å². The second kappa shape index (κ2) is 8.12. The van der Waals surface area contributed by atoms with Crippen LogP contribution in [0.4, 0.5) is 21.5 Å². The van der Waals surface area contributed by atoms with Crippen molar-refractivity contribution in [1.29, 1.82) is 0 Å². The van der Waals surface area contributed by atoms with E-state index in [1.54, 1.807) is 36.1 Å². The molecule has 0 radical (unpaired) electrons. The highest BCUT2D eigenvalue weighted by Crippen LogP contribution is 2.31. The molecule has 2 aromatic carbocycles. The fourth-order valence-corrected chi connectivity index (χ4v) is 3.23. The van der Waals surface area contributed by atoms with Crippen LogP contribution < -0.4 is 9.80 Å². The zero-order chi connectivity index (χ0) is 20.3. The number of phenols is 1. The second-order valence-corrected chi connectivity index (χ2v) is 6.29. The van der Waals surface area contributed by atoms with Gasteiger partial charge in [0.15, 0.2) is 5.82 Å². The molecule has 0 unspecified atom stereocenters. The summed E-state index contributed by atoms with van der Waals surface area (Å²) in [6.07, 6.45) is 0. The first kappa shape index (κ1) is 19.4. The van der Waals surface area contributed by atoms with Gasteiger partial charge in [-0.3, -0.25) is 10.1 Å². The zero-order valence-electron chi connectivity index (χ0n) is 15.3. The highest BCUT2D eigenvalue weighted by atomic mass is 19.1. The molecule has 1 aliphatic heterocycles. The minimum atomic E-state index is -0.824. The number of benzene rings is 2. The van der Waals surface area contributed by atoms with Crippen LogP contribution in [0.15, 0.2) is 36.4 Å². The number of piperazine rings is 1. The number of carbonyl (C=O) groups excluding carboxylic acids is 1. The van der Waals surface area contributed by atoms with Crippen molar-refractivity contribution in [3.63, 3.8) is 0 Å². The number of carbonyl (C=O) groups is 1. The molecule has 1 N–H and O–H groups in total. The summed E-state index contributed by atoms with van der Waals surface area (Å²) in [5, 5.41) is 20.4. The molecule has 28 heavy (non-hydrogen) atoms. The summed E-state index contributed by atoms with van der Waals surface area (Å²) in [7, 11) is 0. The van der Waals surface area contributed by atoms with Crippen molar-refractivity contribution in [2.24, 2.45) is 0 Å². The molecule has 1 heterocycles. The lowest BCUT2D eigenvalue weighted by Gasteiger charge is -2.38. The SMILES string of the molecule is CCOC(=O)c1cc([N+](=O)[O-])cc(F)c1N1CCN(c2ccc(O)cc2)CC1. The average Bonchev–Trinajstić information content (AvgIpc) is 2.68. The van der Waals surface area contributed by atoms with E-state index in [1.807, 2.05) is 0 Å². The van der Waals surface area contributed by atoms with Crippen LogP contribution >= 0.6 is 0 Å². The van der Waals surface area contributed by atoms with Crippen LogP contribution in [0.2, 0.25) is 0 Å². The first-order valence-electron chi connectivity index (χ1n) is 8.84. The summed E-state index contributed by atoms with van der Waals surface area (Å²) in [6, 6.07) is 8.66. The molecule has 1 fully saturated rings. The number of rotatable bonds is 5. The molecule has 0 amide bonds. The molecule has 0 spiro atoms. The lowest BCUT2D eigenvalue weighted by molar-refractivity contribution is -0.385. The van der Waals surface area contributed by atoms with Gasteiger partial charge < -0.3 is 19.6 Å². The van der Waals surface area contributed by atoms with E-state index in [9.17, 15) is 24.4 Å². The summed E-state index contributed by atoms with van der Waals surface area (Å²) < 4.78 is 19.7. The molecule has 0 aromatic heterocycles. The number of nitrogens with zero attached hydrogens (tertiary/aromatic N) is 3. The molecule has 0 bridgehead atoms. The van der Waals surface area contributed by atoms with Crippen LogP contribution in [0.3, 0.4) is 0 Å². The largest absolute Gasteiger partial charge is 0.508 e. The molecule has 1 saturated heterocycles. The molecule has 0 saturated carbocycles. The molecule has 0 atom stereocenters. The lowest BCUT2D eigenvalue weighted by atomic mass is 10.1. The predicted molar refractivity (Wildman–Crippen MR) is 102 cm³/mol. The maximum Gasteiger partial charge on any atom is 0.340 e. The predicted octanol–water partition coefficient (Wildman–Crippen LogP) is 2.94. The lowest BCUT2D eigenvalue weighted by Crippen LogP contribution is -2.47. The maximum absolute atomic E-state index is 14.7. The molecule has 9 heteroatoms. The summed E-state index contributed by atoms with van der Waals surface area (Å²) in [4.78, 5) is 26.4. The third kappa shape index (κ3) is 3.98. The first-order valence-corrected chi connectivity index (χ1v) is 8.84. The Kier molecular flexibility index (Phi) is 5.62. The normalized spacial score (nSPS) is 14.1. The van der Waals surface area contributed by atoms with Crippen molar-refractivity contribution in [3.05, 3.63) is 57.9 Å². The summed E-state index contributed by atoms with van der Waals surface area (Å²) >= 11 is 0.